The fourth-order valence-corrected chi connectivity index (χ4v) is 2.25. The van der Waals surface area contributed by atoms with Crippen LogP contribution in [0.5, 0.6) is 0 Å². The number of hydrogen-bond donors (Lipinski definition) is 2. The summed E-state index contributed by atoms with van der Waals surface area (Å²) in [5.74, 6) is 1.42. The van der Waals surface area contributed by atoms with Crippen LogP contribution in [-0.2, 0) is 13.1 Å². The summed E-state index contributed by atoms with van der Waals surface area (Å²) in [6.07, 6.45) is 1.80. The molecule has 0 spiro atoms. The van der Waals surface area contributed by atoms with Crippen molar-refractivity contribution in [3.05, 3.63) is 59.0 Å². The van der Waals surface area contributed by atoms with Gasteiger partial charge < -0.3 is 15.5 Å². The summed E-state index contributed by atoms with van der Waals surface area (Å²) >= 11 is 0. The number of rotatable bonds is 6. The third kappa shape index (κ3) is 5.74. The second-order valence-electron chi connectivity index (χ2n) is 6.05. The van der Waals surface area contributed by atoms with Gasteiger partial charge in [-0.3, -0.25) is 0 Å². The van der Waals surface area contributed by atoms with Crippen molar-refractivity contribution in [3.8, 4) is 0 Å². The number of benzene rings is 1. The van der Waals surface area contributed by atoms with Crippen molar-refractivity contribution in [2.24, 2.45) is 4.99 Å². The first-order chi connectivity index (χ1) is 12.0. The van der Waals surface area contributed by atoms with Gasteiger partial charge in [-0.05, 0) is 48.7 Å². The molecule has 1 heterocycles. The predicted octanol–water partition coefficient (Wildman–Crippen LogP) is 2.85. The van der Waals surface area contributed by atoms with Crippen LogP contribution in [0.2, 0.25) is 0 Å². The summed E-state index contributed by atoms with van der Waals surface area (Å²) in [5, 5.41) is 6.50. The van der Waals surface area contributed by atoms with Crippen molar-refractivity contribution < 1.29 is 4.39 Å². The summed E-state index contributed by atoms with van der Waals surface area (Å²) in [7, 11) is 3.93. The summed E-state index contributed by atoms with van der Waals surface area (Å²) in [6.45, 7) is 5.58. The van der Waals surface area contributed by atoms with E-state index in [-0.39, 0.29) is 5.82 Å². The highest BCUT2D eigenvalue weighted by Gasteiger charge is 2.03. The van der Waals surface area contributed by atoms with Crippen LogP contribution in [0, 0.1) is 12.7 Å². The van der Waals surface area contributed by atoms with E-state index in [0.717, 1.165) is 23.5 Å². The van der Waals surface area contributed by atoms with Crippen molar-refractivity contribution in [2.75, 3.05) is 25.5 Å². The molecule has 0 saturated heterocycles. The number of anilines is 1. The first kappa shape index (κ1) is 18.7. The predicted molar refractivity (Wildman–Crippen MR) is 101 cm³/mol. The summed E-state index contributed by atoms with van der Waals surface area (Å²) < 4.78 is 13.6. The minimum atomic E-state index is -0.196. The number of halogens is 1. The molecule has 25 heavy (non-hydrogen) atoms. The molecule has 0 fully saturated rings. The molecule has 1 aromatic carbocycles. The molecular formula is C19H26FN5. The van der Waals surface area contributed by atoms with Crippen molar-refractivity contribution in [1.29, 1.82) is 0 Å². The normalized spacial score (nSPS) is 11.3. The molecule has 6 heteroatoms. The molecule has 0 radical (unpaired) electrons. The zero-order valence-electron chi connectivity index (χ0n) is 15.3. The highest BCUT2D eigenvalue weighted by molar-refractivity contribution is 5.79. The number of aliphatic imine (C=N–C) groups is 1. The van der Waals surface area contributed by atoms with Gasteiger partial charge in [-0.25, -0.2) is 14.4 Å². The summed E-state index contributed by atoms with van der Waals surface area (Å²) in [5.41, 5.74) is 2.61. The molecule has 2 N–H and O–H groups in total. The van der Waals surface area contributed by atoms with E-state index in [1.54, 1.807) is 19.2 Å². The Balaban J connectivity index is 2.02. The monoisotopic (exact) mass is 343 g/mol. The number of nitrogens with zero attached hydrogens (tertiary/aromatic N) is 3. The molecule has 0 aliphatic carbocycles. The smallest absolute Gasteiger partial charge is 0.191 e. The third-order valence-electron chi connectivity index (χ3n) is 3.73. The molecule has 0 amide bonds. The Bertz CT molecular complexity index is 728. The molecule has 0 aliphatic heterocycles. The van der Waals surface area contributed by atoms with Crippen LogP contribution in [-0.4, -0.2) is 31.6 Å². The molecule has 5 nitrogen and oxygen atoms in total. The average Bonchev–Trinajstić information content (AvgIpc) is 2.60. The maximum absolute atomic E-state index is 13.6. The Kier molecular flexibility index (Phi) is 6.74. The van der Waals surface area contributed by atoms with Crippen LogP contribution in [0.25, 0.3) is 0 Å². The van der Waals surface area contributed by atoms with Gasteiger partial charge in [0.1, 0.15) is 11.6 Å². The lowest BCUT2D eigenvalue weighted by molar-refractivity contribution is 0.616. The van der Waals surface area contributed by atoms with E-state index >= 15 is 0 Å². The maximum atomic E-state index is 13.6. The van der Waals surface area contributed by atoms with Gasteiger partial charge in [-0.1, -0.05) is 12.1 Å². The van der Waals surface area contributed by atoms with Gasteiger partial charge in [-0.15, -0.1) is 0 Å². The summed E-state index contributed by atoms with van der Waals surface area (Å²) in [6, 6.07) is 9.22. The number of nitrogens with one attached hydrogen (secondary N) is 2. The van der Waals surface area contributed by atoms with E-state index < -0.39 is 0 Å². The second-order valence-corrected chi connectivity index (χ2v) is 6.05. The molecule has 0 atom stereocenters. The Morgan fingerprint density at radius 3 is 2.64 bits per heavy atom. The Labute approximate surface area is 149 Å². The molecule has 0 aliphatic rings. The third-order valence-corrected chi connectivity index (χ3v) is 3.73. The highest BCUT2D eigenvalue weighted by Crippen LogP contribution is 2.11. The van der Waals surface area contributed by atoms with Gasteiger partial charge >= 0.3 is 0 Å². The minimum absolute atomic E-state index is 0.196. The fourth-order valence-electron chi connectivity index (χ4n) is 2.25. The van der Waals surface area contributed by atoms with E-state index in [1.807, 2.05) is 44.1 Å². The van der Waals surface area contributed by atoms with Crippen LogP contribution in [0.1, 0.15) is 23.6 Å². The standard InChI is InChI=1S/C19H26FN5/c1-5-21-19(23-12-15-7-6-14(2)17(20)10-15)24-13-16-8-9-22-18(11-16)25(3)4/h6-11H,5,12-13H2,1-4H3,(H2,21,23,24). The molecule has 1 aromatic heterocycles. The molecule has 2 rings (SSSR count). The van der Waals surface area contributed by atoms with Crippen LogP contribution < -0.4 is 15.5 Å². The fraction of sp³-hybridized carbons (Fsp3) is 0.368. The second kappa shape index (κ2) is 9.01. The zero-order chi connectivity index (χ0) is 18.2. The number of guanidine groups is 1. The molecular weight excluding hydrogens is 317 g/mol. The van der Waals surface area contributed by atoms with Gasteiger partial charge in [0.05, 0.1) is 6.54 Å². The minimum Gasteiger partial charge on any atom is -0.363 e. The van der Waals surface area contributed by atoms with E-state index in [1.165, 1.54) is 6.07 Å². The summed E-state index contributed by atoms with van der Waals surface area (Å²) in [4.78, 5) is 10.8. The molecule has 0 bridgehead atoms. The maximum Gasteiger partial charge on any atom is 0.191 e. The number of pyridine rings is 1. The van der Waals surface area contributed by atoms with Gasteiger partial charge in [0, 0.05) is 33.4 Å². The van der Waals surface area contributed by atoms with Crippen LogP contribution in [0.4, 0.5) is 10.2 Å². The van der Waals surface area contributed by atoms with Gasteiger partial charge in [0.2, 0.25) is 0 Å². The van der Waals surface area contributed by atoms with Crippen LogP contribution in [0.15, 0.2) is 41.5 Å². The van der Waals surface area contributed by atoms with Gasteiger partial charge in [0.15, 0.2) is 5.96 Å². The highest BCUT2D eigenvalue weighted by atomic mass is 19.1. The van der Waals surface area contributed by atoms with Crippen molar-refractivity contribution in [2.45, 2.75) is 26.9 Å². The number of aryl methyl sites for hydroxylation is 1. The van der Waals surface area contributed by atoms with Crippen molar-refractivity contribution >= 4 is 11.8 Å². The van der Waals surface area contributed by atoms with E-state index in [4.69, 9.17) is 0 Å². The number of hydrogen-bond acceptors (Lipinski definition) is 3. The SMILES string of the molecule is CCNC(=NCc1ccc(C)c(F)c1)NCc1ccnc(N(C)C)c1. The van der Waals surface area contributed by atoms with Crippen LogP contribution >= 0.6 is 0 Å². The molecule has 0 saturated carbocycles. The number of aromatic nitrogens is 1. The Morgan fingerprint density at radius 1 is 1.16 bits per heavy atom. The van der Waals surface area contributed by atoms with Crippen LogP contribution in [0.3, 0.4) is 0 Å². The lowest BCUT2D eigenvalue weighted by Crippen LogP contribution is -2.36. The average molecular weight is 343 g/mol. The van der Waals surface area contributed by atoms with E-state index in [2.05, 4.69) is 20.6 Å². The first-order valence-electron chi connectivity index (χ1n) is 8.39. The zero-order valence-corrected chi connectivity index (χ0v) is 15.3. The van der Waals surface area contributed by atoms with E-state index in [0.29, 0.717) is 24.6 Å². The molecule has 134 valence electrons. The Morgan fingerprint density at radius 2 is 1.96 bits per heavy atom. The quantitative estimate of drug-likeness (QED) is 0.626. The van der Waals surface area contributed by atoms with Crippen molar-refractivity contribution in [3.63, 3.8) is 0 Å². The topological polar surface area (TPSA) is 52.6 Å². The first-order valence-corrected chi connectivity index (χ1v) is 8.39. The lowest BCUT2D eigenvalue weighted by atomic mass is 10.1. The van der Waals surface area contributed by atoms with Crippen molar-refractivity contribution in [1.82, 2.24) is 15.6 Å². The lowest BCUT2D eigenvalue weighted by Gasteiger charge is -2.14. The Hall–Kier alpha value is -2.63. The molecule has 2 aromatic rings. The van der Waals surface area contributed by atoms with Gasteiger partial charge in [-0.2, -0.15) is 0 Å². The largest absolute Gasteiger partial charge is 0.363 e. The molecule has 0 unspecified atom stereocenters. The van der Waals surface area contributed by atoms with E-state index in [9.17, 15) is 4.39 Å². The van der Waals surface area contributed by atoms with Gasteiger partial charge in [0.25, 0.3) is 0 Å².